The van der Waals surface area contributed by atoms with Crippen LogP contribution in [0.3, 0.4) is 0 Å². The topological polar surface area (TPSA) is 380 Å². The number of rotatable bonds is 38. The molecule has 25 nitrogen and oxygen atoms in total. The standard InChI is InChI=1S/C63H105N13O12/c1-11-13-14-15-19-29-51(77)75-31-21-20-27-48(75)59(85)70-45(36-42-24-17-16-18-25-42)57(83)69-44(33-38(3)4)56(82)72-47(34-39(5)6)61(87)76-32-23-28-49(76)62(88)74(10)50(35-40(7)8)60(86)71-46(37-52(78)79)58(84)68-43(26-22-30-67-63(65)66)55(81)73-53(54(64)80)41(9)12-2/h16-18,24-25,38-41,43-50,53H,11-15,19-23,26-37H2,1-10H3,(H2,64,80)(H,68,84)(H,69,83)(H,70,85)(H,71,86)(H,72,82)(H,73,81)(H,78,79)(H4,65,66,67)/t41-,43-,44-,45-,46-,47-,48?,49-,50+,53-/m0/s1. The van der Waals surface area contributed by atoms with Crippen LogP contribution in [-0.2, 0) is 59.2 Å². The van der Waals surface area contributed by atoms with Crippen LogP contribution in [0.15, 0.2) is 35.3 Å². The Balaban J connectivity index is 1.90. The zero-order chi connectivity index (χ0) is 65.8. The van der Waals surface area contributed by atoms with Crippen LogP contribution in [0.25, 0.3) is 0 Å². The second-order valence-corrected chi connectivity index (χ2v) is 25.1. The van der Waals surface area contributed by atoms with Crippen molar-refractivity contribution in [1.82, 2.24) is 46.6 Å². The Morgan fingerprint density at radius 2 is 1.17 bits per heavy atom. The summed E-state index contributed by atoms with van der Waals surface area (Å²) in [6, 6.07) is -1.75. The third kappa shape index (κ3) is 25.0. The van der Waals surface area contributed by atoms with Gasteiger partial charge in [0.2, 0.25) is 59.1 Å². The minimum Gasteiger partial charge on any atom is -0.481 e. The van der Waals surface area contributed by atoms with Gasteiger partial charge < -0.3 is 68.9 Å². The molecule has 2 aliphatic heterocycles. The van der Waals surface area contributed by atoms with Gasteiger partial charge in [0, 0.05) is 39.5 Å². The summed E-state index contributed by atoms with van der Waals surface area (Å²) < 4.78 is 0. The Hall–Kier alpha value is -7.34. The van der Waals surface area contributed by atoms with Crippen LogP contribution >= 0.6 is 0 Å². The maximum atomic E-state index is 14.9. The molecule has 0 aliphatic carbocycles. The Morgan fingerprint density at radius 1 is 0.614 bits per heavy atom. The van der Waals surface area contributed by atoms with Crippen molar-refractivity contribution in [1.29, 1.82) is 0 Å². The molecule has 0 radical (unpaired) electrons. The van der Waals surface area contributed by atoms with E-state index in [-0.39, 0.29) is 93.6 Å². The lowest BCUT2D eigenvalue weighted by Gasteiger charge is -2.36. The molecule has 10 atom stereocenters. The molecule has 0 aromatic heterocycles. The number of benzene rings is 1. The number of carbonyl (C=O) groups excluding carboxylic acids is 10. The van der Waals surface area contributed by atoms with Crippen molar-refractivity contribution in [2.24, 2.45) is 45.9 Å². The Labute approximate surface area is 520 Å². The van der Waals surface area contributed by atoms with Gasteiger partial charge in [-0.2, -0.15) is 0 Å². The largest absolute Gasteiger partial charge is 0.481 e. The summed E-state index contributed by atoms with van der Waals surface area (Å²) in [5, 5.41) is 26.4. The molecule has 2 heterocycles. The van der Waals surface area contributed by atoms with Crippen LogP contribution in [0.1, 0.15) is 183 Å². The number of amides is 10. The van der Waals surface area contributed by atoms with E-state index in [0.717, 1.165) is 50.5 Å². The SMILES string of the molecule is CCCCCCCC(=O)N1CCCCC1C(=O)N[C@@H](Cc1ccccc1)C(=O)N[C@@H](CC(C)C)C(=O)N[C@@H](CC(C)C)C(=O)N1CCC[C@H]1C(=O)N(C)[C@H](CC(C)C)C(=O)N[C@@H](CC(=O)O)C(=O)N[C@@H](CCCN=C(N)N)C(=O)N[C@H](C(N)=O)[C@@H](C)CC. The van der Waals surface area contributed by atoms with Crippen molar-refractivity contribution < 1.29 is 57.8 Å². The molecule has 2 fully saturated rings. The molecule has 2 saturated heterocycles. The van der Waals surface area contributed by atoms with Gasteiger partial charge >= 0.3 is 5.97 Å². The fourth-order valence-electron chi connectivity index (χ4n) is 11.2. The third-order valence-electron chi connectivity index (χ3n) is 16.2. The number of unbranched alkanes of at least 4 members (excludes halogenated alkanes) is 4. The van der Waals surface area contributed by atoms with Gasteiger partial charge in [-0.05, 0) is 99.9 Å². The molecular weight excluding hydrogens is 1130 g/mol. The van der Waals surface area contributed by atoms with Gasteiger partial charge in [0.15, 0.2) is 5.96 Å². The van der Waals surface area contributed by atoms with E-state index >= 15 is 0 Å². The van der Waals surface area contributed by atoms with Gasteiger partial charge in [0.25, 0.3) is 0 Å². The number of carboxylic acid groups (broad SMARTS) is 1. The molecule has 3 rings (SSSR count). The number of hydrogen-bond acceptors (Lipinski definition) is 12. The summed E-state index contributed by atoms with van der Waals surface area (Å²) in [4.78, 5) is 162. The predicted molar refractivity (Wildman–Crippen MR) is 335 cm³/mol. The zero-order valence-corrected chi connectivity index (χ0v) is 53.9. The fourth-order valence-corrected chi connectivity index (χ4v) is 11.2. The summed E-state index contributed by atoms with van der Waals surface area (Å²) in [5.74, 6) is -9.13. The van der Waals surface area contributed by atoms with Crippen LogP contribution in [0.5, 0.6) is 0 Å². The van der Waals surface area contributed by atoms with Gasteiger partial charge in [-0.1, -0.05) is 125 Å². The first-order chi connectivity index (χ1) is 41.6. The number of nitrogens with one attached hydrogen (secondary N) is 6. The smallest absolute Gasteiger partial charge is 0.305 e. The number of nitrogens with zero attached hydrogens (tertiary/aromatic N) is 4. The Morgan fingerprint density at radius 3 is 1.77 bits per heavy atom. The predicted octanol–water partition coefficient (Wildman–Crippen LogP) is 2.90. The van der Waals surface area contributed by atoms with Crippen molar-refractivity contribution >= 4 is 71.0 Å². The van der Waals surface area contributed by atoms with Crippen LogP contribution < -0.4 is 49.1 Å². The van der Waals surface area contributed by atoms with E-state index in [1.165, 1.54) is 16.8 Å². The van der Waals surface area contributed by atoms with Gasteiger partial charge in [-0.15, -0.1) is 0 Å². The highest BCUT2D eigenvalue weighted by Crippen LogP contribution is 2.25. The number of aliphatic carboxylic acids is 1. The molecule has 0 bridgehead atoms. The number of guanidine groups is 1. The Kier molecular flexibility index (Phi) is 32.5. The lowest BCUT2D eigenvalue weighted by atomic mass is 9.97. The number of likely N-dealkylation sites (tertiary alicyclic amines) is 2. The summed E-state index contributed by atoms with van der Waals surface area (Å²) in [5.41, 5.74) is 17.3. The van der Waals surface area contributed by atoms with Crippen molar-refractivity contribution in [3.05, 3.63) is 35.9 Å². The summed E-state index contributed by atoms with van der Waals surface area (Å²) in [7, 11) is 1.38. The van der Waals surface area contributed by atoms with Gasteiger partial charge in [0.05, 0.1) is 6.42 Å². The number of piperidine rings is 1. The Bertz CT molecular complexity index is 2510. The molecule has 1 aromatic rings. The molecule has 13 N–H and O–H groups in total. The van der Waals surface area contributed by atoms with Crippen LogP contribution in [0.4, 0.5) is 0 Å². The highest BCUT2D eigenvalue weighted by atomic mass is 16.4. The van der Waals surface area contributed by atoms with E-state index in [9.17, 15) is 57.8 Å². The van der Waals surface area contributed by atoms with E-state index < -0.39 is 120 Å². The van der Waals surface area contributed by atoms with Gasteiger partial charge in [0.1, 0.15) is 54.4 Å². The normalized spacial score (nSPS) is 17.7. The third-order valence-corrected chi connectivity index (χ3v) is 16.2. The summed E-state index contributed by atoms with van der Waals surface area (Å²) in [6.45, 7) is 17.4. The lowest BCUT2D eigenvalue weighted by molar-refractivity contribution is -0.149. The molecule has 1 aromatic carbocycles. The van der Waals surface area contributed by atoms with Crippen molar-refractivity contribution in [3.63, 3.8) is 0 Å². The number of hydrogen-bond donors (Lipinski definition) is 10. The molecule has 88 heavy (non-hydrogen) atoms. The minimum absolute atomic E-state index is 0.0406. The van der Waals surface area contributed by atoms with Crippen LogP contribution in [-0.4, -0.2) is 172 Å². The molecule has 494 valence electrons. The van der Waals surface area contributed by atoms with Crippen LogP contribution in [0, 0.1) is 23.7 Å². The average molecular weight is 1240 g/mol. The number of primary amides is 1. The molecular formula is C63H105N13O12. The first kappa shape index (κ1) is 74.9. The summed E-state index contributed by atoms with van der Waals surface area (Å²) in [6.07, 6.45) is 7.78. The molecule has 2 aliphatic rings. The van der Waals surface area contributed by atoms with Crippen molar-refractivity contribution in [2.45, 2.75) is 239 Å². The first-order valence-corrected chi connectivity index (χ1v) is 31.9. The molecule has 25 heteroatoms. The van der Waals surface area contributed by atoms with E-state index in [1.54, 1.807) is 32.6 Å². The van der Waals surface area contributed by atoms with Crippen molar-refractivity contribution in [2.75, 3.05) is 26.7 Å². The van der Waals surface area contributed by atoms with E-state index in [0.29, 0.717) is 32.2 Å². The van der Waals surface area contributed by atoms with Gasteiger partial charge in [-0.3, -0.25) is 57.7 Å². The average Bonchev–Trinajstić information content (AvgIpc) is 2.71. The highest BCUT2D eigenvalue weighted by molar-refractivity contribution is 5.99. The van der Waals surface area contributed by atoms with Crippen molar-refractivity contribution in [3.8, 4) is 0 Å². The quantitative estimate of drug-likeness (QED) is 0.0259. The maximum Gasteiger partial charge on any atom is 0.305 e. The van der Waals surface area contributed by atoms with E-state index in [1.807, 2.05) is 58.0 Å². The highest BCUT2D eigenvalue weighted by Gasteiger charge is 2.43. The number of aliphatic imine (C=N–C) groups is 1. The number of likely N-dealkylation sites (N-methyl/N-ethyl adjacent to an activating group) is 1. The number of carbonyl (C=O) groups is 11. The second kappa shape index (κ2) is 38.2. The fraction of sp³-hybridized carbons (Fsp3) is 0.714. The molecule has 0 spiro atoms. The minimum atomic E-state index is -1.76. The monoisotopic (exact) mass is 1240 g/mol. The van der Waals surface area contributed by atoms with E-state index in [4.69, 9.17) is 17.2 Å². The number of nitrogens with two attached hydrogens (primary N) is 3. The zero-order valence-electron chi connectivity index (χ0n) is 53.9. The molecule has 10 amide bonds. The molecule has 1 unspecified atom stereocenters. The second-order valence-electron chi connectivity index (χ2n) is 25.1. The maximum absolute atomic E-state index is 14.9. The lowest BCUT2D eigenvalue weighted by Crippen LogP contribution is -2.61. The van der Waals surface area contributed by atoms with Gasteiger partial charge in [-0.25, -0.2) is 0 Å². The number of carboxylic acids is 1. The summed E-state index contributed by atoms with van der Waals surface area (Å²) >= 11 is 0. The molecule has 0 saturated carbocycles. The van der Waals surface area contributed by atoms with Crippen LogP contribution in [0.2, 0.25) is 0 Å². The first-order valence-electron chi connectivity index (χ1n) is 31.9. The van der Waals surface area contributed by atoms with E-state index in [2.05, 4.69) is 43.8 Å².